The van der Waals surface area contributed by atoms with E-state index in [9.17, 15) is 0 Å². The van der Waals surface area contributed by atoms with Crippen molar-refractivity contribution in [1.29, 1.82) is 0 Å². The van der Waals surface area contributed by atoms with Gasteiger partial charge in [-0.3, -0.25) is 0 Å². The van der Waals surface area contributed by atoms with E-state index in [1.165, 1.54) is 0 Å². The van der Waals surface area contributed by atoms with Crippen molar-refractivity contribution in [1.82, 2.24) is 5.16 Å². The van der Waals surface area contributed by atoms with Gasteiger partial charge in [-0.1, -0.05) is 28.9 Å². The standard InChI is InChI=1S/C10H9ClN2O/c1-6-7(3-2-4-8(6)11)9-5-10(12)14-13-9/h2-5H,12H2,1H3. The van der Waals surface area contributed by atoms with E-state index in [4.69, 9.17) is 21.9 Å². The largest absolute Gasteiger partial charge is 0.368 e. The fourth-order valence-corrected chi connectivity index (χ4v) is 1.48. The number of nitrogens with two attached hydrogens (primary N) is 1. The molecule has 2 N–H and O–H groups in total. The van der Waals surface area contributed by atoms with E-state index in [0.717, 1.165) is 11.1 Å². The fraction of sp³-hybridized carbons (Fsp3) is 0.100. The van der Waals surface area contributed by atoms with Crippen molar-refractivity contribution in [3.63, 3.8) is 0 Å². The highest BCUT2D eigenvalue weighted by molar-refractivity contribution is 6.31. The van der Waals surface area contributed by atoms with Crippen LogP contribution in [-0.2, 0) is 0 Å². The molecule has 4 heteroatoms. The van der Waals surface area contributed by atoms with Crippen molar-refractivity contribution in [2.45, 2.75) is 6.92 Å². The summed E-state index contributed by atoms with van der Waals surface area (Å²) in [5.74, 6) is 0.305. The van der Waals surface area contributed by atoms with Crippen molar-refractivity contribution in [3.8, 4) is 11.3 Å². The molecule has 2 rings (SSSR count). The first-order valence-electron chi connectivity index (χ1n) is 4.16. The first kappa shape index (κ1) is 9.09. The number of halogens is 1. The Morgan fingerprint density at radius 1 is 1.43 bits per heavy atom. The van der Waals surface area contributed by atoms with Crippen LogP contribution in [0.15, 0.2) is 28.8 Å². The number of hydrogen-bond donors (Lipinski definition) is 1. The van der Waals surface area contributed by atoms with Gasteiger partial charge < -0.3 is 10.3 Å². The topological polar surface area (TPSA) is 52.0 Å². The Morgan fingerprint density at radius 3 is 2.86 bits per heavy atom. The van der Waals surface area contributed by atoms with Gasteiger partial charge in [0, 0.05) is 16.7 Å². The molecule has 0 aliphatic heterocycles. The third kappa shape index (κ3) is 1.46. The second-order valence-corrected chi connectivity index (χ2v) is 3.43. The van der Waals surface area contributed by atoms with Crippen LogP contribution in [0, 0.1) is 6.92 Å². The Kier molecular flexibility index (Phi) is 2.17. The van der Waals surface area contributed by atoms with Gasteiger partial charge in [-0.25, -0.2) is 0 Å². The van der Waals surface area contributed by atoms with Gasteiger partial charge in [0.15, 0.2) is 0 Å². The van der Waals surface area contributed by atoms with E-state index in [0.29, 0.717) is 16.6 Å². The SMILES string of the molecule is Cc1c(Cl)cccc1-c1cc(N)on1. The third-order valence-corrected chi connectivity index (χ3v) is 2.48. The molecule has 0 amide bonds. The van der Waals surface area contributed by atoms with E-state index in [2.05, 4.69) is 5.16 Å². The molecule has 0 saturated heterocycles. The molecule has 0 aliphatic rings. The van der Waals surface area contributed by atoms with Crippen molar-refractivity contribution in [3.05, 3.63) is 34.9 Å². The van der Waals surface area contributed by atoms with Crippen LogP contribution in [-0.4, -0.2) is 5.16 Å². The molecule has 1 aromatic heterocycles. The average molecular weight is 209 g/mol. The average Bonchev–Trinajstić information content (AvgIpc) is 2.57. The minimum absolute atomic E-state index is 0.305. The van der Waals surface area contributed by atoms with Crippen molar-refractivity contribution in [2.24, 2.45) is 0 Å². The molecule has 0 fully saturated rings. The molecule has 0 bridgehead atoms. The molecule has 14 heavy (non-hydrogen) atoms. The van der Waals surface area contributed by atoms with Crippen LogP contribution in [0.1, 0.15) is 5.56 Å². The normalized spacial score (nSPS) is 10.4. The fourth-order valence-electron chi connectivity index (χ4n) is 1.30. The van der Waals surface area contributed by atoms with Crippen LogP contribution in [0.3, 0.4) is 0 Å². The van der Waals surface area contributed by atoms with E-state index < -0.39 is 0 Å². The minimum atomic E-state index is 0.305. The molecule has 0 unspecified atom stereocenters. The number of aromatic nitrogens is 1. The van der Waals surface area contributed by atoms with Crippen LogP contribution >= 0.6 is 11.6 Å². The molecular weight excluding hydrogens is 200 g/mol. The summed E-state index contributed by atoms with van der Waals surface area (Å²) < 4.78 is 4.80. The number of hydrogen-bond acceptors (Lipinski definition) is 3. The molecule has 3 nitrogen and oxygen atoms in total. The summed E-state index contributed by atoms with van der Waals surface area (Å²) in [4.78, 5) is 0. The van der Waals surface area contributed by atoms with E-state index >= 15 is 0 Å². The predicted molar refractivity (Wildman–Crippen MR) is 56.1 cm³/mol. The van der Waals surface area contributed by atoms with Gasteiger partial charge >= 0.3 is 0 Å². The molecule has 0 saturated carbocycles. The molecule has 72 valence electrons. The van der Waals surface area contributed by atoms with Crippen molar-refractivity contribution < 1.29 is 4.52 Å². The van der Waals surface area contributed by atoms with Crippen molar-refractivity contribution >= 4 is 17.5 Å². The van der Waals surface area contributed by atoms with Gasteiger partial charge in [0.05, 0.1) is 0 Å². The van der Waals surface area contributed by atoms with Gasteiger partial charge in [0.25, 0.3) is 0 Å². The third-order valence-electron chi connectivity index (χ3n) is 2.07. The Labute approximate surface area is 86.5 Å². The Bertz CT molecular complexity index is 465. The zero-order chi connectivity index (χ0) is 10.1. The van der Waals surface area contributed by atoms with Gasteiger partial charge in [-0.05, 0) is 18.6 Å². The monoisotopic (exact) mass is 208 g/mol. The summed E-state index contributed by atoms with van der Waals surface area (Å²) >= 11 is 5.98. The highest BCUT2D eigenvalue weighted by atomic mass is 35.5. The minimum Gasteiger partial charge on any atom is -0.368 e. The van der Waals surface area contributed by atoms with Crippen LogP contribution in [0.5, 0.6) is 0 Å². The molecular formula is C10H9ClN2O. The molecule has 0 radical (unpaired) electrons. The number of anilines is 1. The van der Waals surface area contributed by atoms with Crippen LogP contribution in [0.25, 0.3) is 11.3 Å². The lowest BCUT2D eigenvalue weighted by atomic mass is 10.1. The summed E-state index contributed by atoms with van der Waals surface area (Å²) in [6.07, 6.45) is 0. The Morgan fingerprint density at radius 2 is 2.21 bits per heavy atom. The second kappa shape index (κ2) is 3.35. The maximum absolute atomic E-state index is 5.98. The lowest BCUT2D eigenvalue weighted by molar-refractivity contribution is 0.439. The molecule has 1 heterocycles. The summed E-state index contributed by atoms with van der Waals surface area (Å²) in [7, 11) is 0. The van der Waals surface area contributed by atoms with E-state index in [-0.39, 0.29) is 0 Å². The predicted octanol–water partition coefficient (Wildman–Crippen LogP) is 2.89. The Balaban J connectivity index is 2.57. The Hall–Kier alpha value is -1.48. The zero-order valence-electron chi connectivity index (χ0n) is 7.62. The molecule has 0 aliphatic carbocycles. The number of benzene rings is 1. The zero-order valence-corrected chi connectivity index (χ0v) is 8.38. The molecule has 0 atom stereocenters. The molecule has 2 aromatic rings. The molecule has 0 spiro atoms. The summed E-state index contributed by atoms with van der Waals surface area (Å²) in [5.41, 5.74) is 8.07. The number of rotatable bonds is 1. The first-order valence-corrected chi connectivity index (χ1v) is 4.54. The maximum Gasteiger partial charge on any atom is 0.222 e. The summed E-state index contributed by atoms with van der Waals surface area (Å²) in [5, 5.41) is 4.54. The highest BCUT2D eigenvalue weighted by Gasteiger charge is 2.08. The summed E-state index contributed by atoms with van der Waals surface area (Å²) in [6.45, 7) is 1.93. The highest BCUT2D eigenvalue weighted by Crippen LogP contribution is 2.28. The quantitative estimate of drug-likeness (QED) is 0.784. The summed E-state index contributed by atoms with van der Waals surface area (Å²) in [6, 6.07) is 7.32. The lowest BCUT2D eigenvalue weighted by Gasteiger charge is -2.02. The van der Waals surface area contributed by atoms with Gasteiger partial charge in [0.1, 0.15) is 5.69 Å². The van der Waals surface area contributed by atoms with Gasteiger partial charge in [0.2, 0.25) is 5.88 Å². The van der Waals surface area contributed by atoms with Crippen LogP contribution < -0.4 is 5.73 Å². The molecule has 1 aromatic carbocycles. The van der Waals surface area contributed by atoms with Crippen LogP contribution in [0.2, 0.25) is 5.02 Å². The van der Waals surface area contributed by atoms with Gasteiger partial charge in [-0.2, -0.15) is 0 Å². The maximum atomic E-state index is 5.98. The van der Waals surface area contributed by atoms with Gasteiger partial charge in [-0.15, -0.1) is 0 Å². The first-order chi connectivity index (χ1) is 6.68. The number of nitrogen functional groups attached to an aromatic ring is 1. The number of nitrogens with zero attached hydrogens (tertiary/aromatic N) is 1. The lowest BCUT2D eigenvalue weighted by Crippen LogP contribution is -1.83. The van der Waals surface area contributed by atoms with E-state index in [1.807, 2.05) is 25.1 Å². The van der Waals surface area contributed by atoms with Crippen molar-refractivity contribution in [2.75, 3.05) is 5.73 Å². The smallest absolute Gasteiger partial charge is 0.222 e. The second-order valence-electron chi connectivity index (χ2n) is 3.03. The van der Waals surface area contributed by atoms with Crippen LogP contribution in [0.4, 0.5) is 5.88 Å². The van der Waals surface area contributed by atoms with E-state index in [1.54, 1.807) is 6.07 Å².